The number of nitrogens with zero attached hydrogens (tertiary/aromatic N) is 2. The van der Waals surface area contributed by atoms with Crippen molar-refractivity contribution in [3.05, 3.63) is 24.4 Å². The molecule has 0 radical (unpaired) electrons. The number of nitrogens with one attached hydrogen (secondary N) is 1. The predicted octanol–water partition coefficient (Wildman–Crippen LogP) is 0.192. The Morgan fingerprint density at radius 3 is 2.50 bits per heavy atom. The highest BCUT2D eigenvalue weighted by Gasteiger charge is 2.17. The first-order valence-electron chi connectivity index (χ1n) is 4.59. The van der Waals surface area contributed by atoms with Gasteiger partial charge in [0.1, 0.15) is 0 Å². The molecule has 0 fully saturated rings. The quantitative estimate of drug-likeness (QED) is 0.368. The molecule has 1 rings (SSSR count). The summed E-state index contributed by atoms with van der Waals surface area (Å²) >= 11 is 0. The number of allylic oxidation sites excluding steroid dienone is 2. The summed E-state index contributed by atoms with van der Waals surface area (Å²) in [5.41, 5.74) is 0. The lowest BCUT2D eigenvalue weighted by Crippen LogP contribution is -2.39. The van der Waals surface area contributed by atoms with E-state index in [4.69, 9.17) is 4.74 Å². The van der Waals surface area contributed by atoms with Gasteiger partial charge in [-0.25, -0.2) is 9.48 Å². The normalized spacial score (nSPS) is 18.7. The molecule has 1 N–H and O–H groups in total. The summed E-state index contributed by atoms with van der Waals surface area (Å²) in [6.07, 6.45) is 7.65. The summed E-state index contributed by atoms with van der Waals surface area (Å²) in [7, 11) is 7.82. The van der Waals surface area contributed by atoms with Crippen molar-refractivity contribution in [1.29, 1.82) is 0 Å². The molecule has 78 valence electrons. The van der Waals surface area contributed by atoms with Gasteiger partial charge in [-0.1, -0.05) is 6.08 Å². The fraction of sp³-hybridized carbons (Fsp3) is 0.500. The maximum Gasteiger partial charge on any atom is 0.447 e. The molecule has 1 heterocycles. The second kappa shape index (κ2) is 4.69. The number of amidine groups is 1. The van der Waals surface area contributed by atoms with Gasteiger partial charge in [-0.05, 0) is 18.4 Å². The van der Waals surface area contributed by atoms with Gasteiger partial charge in [-0.2, -0.15) is 0 Å². The van der Waals surface area contributed by atoms with E-state index in [1.54, 1.807) is 0 Å². The number of rotatable bonds is 1. The van der Waals surface area contributed by atoms with Crippen LogP contribution in [0, 0.1) is 0 Å². The smallest absolute Gasteiger partial charge is 0.404 e. The molecule has 4 heteroatoms. The van der Waals surface area contributed by atoms with E-state index in [2.05, 4.69) is 5.32 Å². The second-order valence-electron chi connectivity index (χ2n) is 3.52. The highest BCUT2D eigenvalue weighted by molar-refractivity contribution is 5.68. The van der Waals surface area contributed by atoms with Gasteiger partial charge in [0, 0.05) is 0 Å². The van der Waals surface area contributed by atoms with Crippen molar-refractivity contribution in [2.24, 2.45) is 0 Å². The van der Waals surface area contributed by atoms with E-state index in [1.807, 2.05) is 62.1 Å². The molecule has 0 aromatic heterocycles. The topological polar surface area (TPSA) is 27.5 Å². The Morgan fingerprint density at radius 2 is 2.07 bits per heavy atom. The molecular formula is C10H18N3O+. The Balaban J connectivity index is 2.61. The zero-order valence-electron chi connectivity index (χ0n) is 9.19. The van der Waals surface area contributed by atoms with Crippen molar-refractivity contribution in [3.63, 3.8) is 0 Å². The molecule has 0 amide bonds. The third kappa shape index (κ3) is 2.80. The molecular weight excluding hydrogens is 178 g/mol. The van der Waals surface area contributed by atoms with E-state index in [-0.39, 0.29) is 6.23 Å². The summed E-state index contributed by atoms with van der Waals surface area (Å²) in [6.45, 7) is 0. The highest BCUT2D eigenvalue weighted by atomic mass is 16.5. The summed E-state index contributed by atoms with van der Waals surface area (Å²) in [5, 5.41) is 3.10. The van der Waals surface area contributed by atoms with Crippen LogP contribution >= 0.6 is 0 Å². The molecule has 1 unspecified atom stereocenters. The Morgan fingerprint density at radius 1 is 1.36 bits per heavy atom. The first-order valence-corrected chi connectivity index (χ1v) is 4.59. The van der Waals surface area contributed by atoms with Crippen LogP contribution in [-0.2, 0) is 4.74 Å². The molecule has 4 nitrogen and oxygen atoms in total. The lowest BCUT2D eigenvalue weighted by atomic mass is 10.4. The van der Waals surface area contributed by atoms with Gasteiger partial charge < -0.3 is 10.1 Å². The van der Waals surface area contributed by atoms with Gasteiger partial charge in [0.2, 0.25) is 0 Å². The lowest BCUT2D eigenvalue weighted by Gasteiger charge is -2.19. The minimum atomic E-state index is -0.0835. The molecule has 1 aliphatic rings. The van der Waals surface area contributed by atoms with Crippen molar-refractivity contribution in [1.82, 2.24) is 10.2 Å². The van der Waals surface area contributed by atoms with Crippen LogP contribution in [0.1, 0.15) is 0 Å². The minimum absolute atomic E-state index is 0.0835. The molecule has 0 saturated carbocycles. The SMILES string of the molecule is CN(C)C(OC1C=CC=CN1)=[N+](C)C. The van der Waals surface area contributed by atoms with Crippen molar-refractivity contribution < 1.29 is 9.31 Å². The summed E-state index contributed by atoms with van der Waals surface area (Å²) in [5.74, 6) is 0. The summed E-state index contributed by atoms with van der Waals surface area (Å²) in [4.78, 5) is 1.94. The number of hydrogen-bond acceptors (Lipinski definition) is 2. The molecule has 0 aromatic carbocycles. The van der Waals surface area contributed by atoms with Crippen LogP contribution in [-0.4, -0.2) is 49.9 Å². The van der Waals surface area contributed by atoms with Crippen molar-refractivity contribution in [3.8, 4) is 0 Å². The van der Waals surface area contributed by atoms with Crippen LogP contribution in [0.2, 0.25) is 0 Å². The monoisotopic (exact) mass is 196 g/mol. The summed E-state index contributed by atoms with van der Waals surface area (Å²) < 4.78 is 7.67. The van der Waals surface area contributed by atoms with Crippen LogP contribution in [0.25, 0.3) is 0 Å². The lowest BCUT2D eigenvalue weighted by molar-refractivity contribution is -0.481. The predicted molar refractivity (Wildman–Crippen MR) is 57.1 cm³/mol. The zero-order chi connectivity index (χ0) is 10.6. The van der Waals surface area contributed by atoms with E-state index in [0.29, 0.717) is 0 Å². The van der Waals surface area contributed by atoms with Crippen molar-refractivity contribution in [2.75, 3.05) is 28.2 Å². The van der Waals surface area contributed by atoms with Crippen LogP contribution in [0.15, 0.2) is 24.4 Å². The molecule has 14 heavy (non-hydrogen) atoms. The van der Waals surface area contributed by atoms with Crippen molar-refractivity contribution in [2.45, 2.75) is 6.23 Å². The fourth-order valence-corrected chi connectivity index (χ4v) is 1.22. The van der Waals surface area contributed by atoms with E-state index < -0.39 is 0 Å². The van der Waals surface area contributed by atoms with Crippen LogP contribution in [0.5, 0.6) is 0 Å². The van der Waals surface area contributed by atoms with Gasteiger partial charge in [0.15, 0.2) is 6.23 Å². The summed E-state index contributed by atoms with van der Waals surface area (Å²) in [6, 6.07) is 0.822. The first-order chi connectivity index (χ1) is 6.61. The van der Waals surface area contributed by atoms with Crippen molar-refractivity contribution >= 4 is 6.02 Å². The Hall–Kier alpha value is -1.45. The fourth-order valence-electron chi connectivity index (χ4n) is 1.22. The minimum Gasteiger partial charge on any atom is -0.404 e. The van der Waals surface area contributed by atoms with E-state index >= 15 is 0 Å². The van der Waals surface area contributed by atoms with Gasteiger partial charge in [-0.3, -0.25) is 0 Å². The first kappa shape index (κ1) is 10.6. The molecule has 0 saturated heterocycles. The van der Waals surface area contributed by atoms with Crippen LogP contribution < -0.4 is 5.32 Å². The maximum absolute atomic E-state index is 5.73. The molecule has 1 atom stereocenters. The Labute approximate surface area is 85.2 Å². The largest absolute Gasteiger partial charge is 0.447 e. The standard InChI is InChI=1S/C10H18N3O/c1-12(2)10(13(3)4)14-9-7-5-6-8-11-9/h5-9,11H,1-4H3/q+1. The number of dihydropyridines is 1. The average Bonchev–Trinajstić information content (AvgIpc) is 2.15. The molecule has 0 bridgehead atoms. The van der Waals surface area contributed by atoms with Gasteiger partial charge in [-0.15, -0.1) is 0 Å². The third-order valence-corrected chi connectivity index (χ3v) is 1.75. The molecule has 0 aliphatic carbocycles. The average molecular weight is 196 g/mol. The number of ether oxygens (including phenoxy) is 1. The Bertz CT molecular complexity index is 275. The van der Waals surface area contributed by atoms with E-state index in [9.17, 15) is 0 Å². The Kier molecular flexibility index (Phi) is 3.56. The zero-order valence-corrected chi connectivity index (χ0v) is 9.19. The van der Waals surface area contributed by atoms with E-state index in [1.165, 1.54) is 0 Å². The van der Waals surface area contributed by atoms with Crippen LogP contribution in [0.3, 0.4) is 0 Å². The highest BCUT2D eigenvalue weighted by Crippen LogP contribution is 1.98. The molecule has 0 spiro atoms. The van der Waals surface area contributed by atoms with Gasteiger partial charge >= 0.3 is 6.02 Å². The van der Waals surface area contributed by atoms with E-state index in [0.717, 1.165) is 6.02 Å². The second-order valence-corrected chi connectivity index (χ2v) is 3.52. The van der Waals surface area contributed by atoms with Gasteiger partial charge in [0.05, 0.1) is 28.2 Å². The number of hydrogen-bond donors (Lipinski definition) is 1. The van der Waals surface area contributed by atoms with Gasteiger partial charge in [0.25, 0.3) is 0 Å². The molecule has 0 aromatic rings. The maximum atomic E-state index is 5.73. The molecule has 1 aliphatic heterocycles. The van der Waals surface area contributed by atoms with Crippen LogP contribution in [0.4, 0.5) is 0 Å². The third-order valence-electron chi connectivity index (χ3n) is 1.75.